The standard InChI is InChI=1S/C10H19N3O/c1-8(2)10-12-9(14-13-10)6-4-3-5-7-11/h8H,3-7,11H2,1-2H3. The summed E-state index contributed by atoms with van der Waals surface area (Å²) in [7, 11) is 0. The Labute approximate surface area is 84.9 Å². The maximum atomic E-state index is 5.40. The van der Waals surface area contributed by atoms with Crippen molar-refractivity contribution in [2.24, 2.45) is 5.73 Å². The van der Waals surface area contributed by atoms with E-state index in [0.717, 1.165) is 43.9 Å². The van der Waals surface area contributed by atoms with Crippen LogP contribution in [0.4, 0.5) is 0 Å². The van der Waals surface area contributed by atoms with Crippen LogP contribution in [0.15, 0.2) is 4.52 Å². The fraction of sp³-hybridized carbons (Fsp3) is 0.800. The van der Waals surface area contributed by atoms with Crippen LogP contribution in [0.5, 0.6) is 0 Å². The molecule has 0 aliphatic heterocycles. The van der Waals surface area contributed by atoms with Crippen LogP contribution in [-0.4, -0.2) is 16.7 Å². The Morgan fingerprint density at radius 1 is 1.29 bits per heavy atom. The Morgan fingerprint density at radius 2 is 2.07 bits per heavy atom. The number of nitrogens with zero attached hydrogens (tertiary/aromatic N) is 2. The average molecular weight is 197 g/mol. The third-order valence-electron chi connectivity index (χ3n) is 2.09. The van der Waals surface area contributed by atoms with Crippen molar-refractivity contribution in [2.75, 3.05) is 6.54 Å². The Balaban J connectivity index is 2.29. The molecule has 14 heavy (non-hydrogen) atoms. The van der Waals surface area contributed by atoms with Gasteiger partial charge in [0.15, 0.2) is 5.82 Å². The zero-order valence-corrected chi connectivity index (χ0v) is 8.99. The molecule has 0 fully saturated rings. The second kappa shape index (κ2) is 5.75. The van der Waals surface area contributed by atoms with Crippen molar-refractivity contribution in [3.05, 3.63) is 11.7 Å². The van der Waals surface area contributed by atoms with Gasteiger partial charge in [-0.15, -0.1) is 0 Å². The molecule has 1 heterocycles. The van der Waals surface area contributed by atoms with Gasteiger partial charge in [-0.25, -0.2) is 0 Å². The van der Waals surface area contributed by atoms with Crippen LogP contribution in [0.25, 0.3) is 0 Å². The molecule has 0 unspecified atom stereocenters. The maximum Gasteiger partial charge on any atom is 0.226 e. The molecule has 4 heteroatoms. The van der Waals surface area contributed by atoms with Crippen molar-refractivity contribution in [2.45, 2.75) is 45.4 Å². The van der Waals surface area contributed by atoms with E-state index in [9.17, 15) is 0 Å². The van der Waals surface area contributed by atoms with Gasteiger partial charge in [-0.1, -0.05) is 25.4 Å². The van der Waals surface area contributed by atoms with E-state index in [1.807, 2.05) is 0 Å². The molecule has 1 rings (SSSR count). The van der Waals surface area contributed by atoms with Crippen molar-refractivity contribution in [3.8, 4) is 0 Å². The number of unbranched alkanes of at least 4 members (excludes halogenated alkanes) is 2. The Hall–Kier alpha value is -0.900. The highest BCUT2D eigenvalue weighted by molar-refractivity contribution is 4.91. The van der Waals surface area contributed by atoms with Gasteiger partial charge in [0.05, 0.1) is 0 Å². The van der Waals surface area contributed by atoms with Gasteiger partial charge in [0.2, 0.25) is 5.89 Å². The second-order valence-electron chi connectivity index (χ2n) is 3.80. The van der Waals surface area contributed by atoms with Crippen molar-refractivity contribution < 1.29 is 4.52 Å². The number of rotatable bonds is 6. The van der Waals surface area contributed by atoms with Gasteiger partial charge in [-0.3, -0.25) is 0 Å². The summed E-state index contributed by atoms with van der Waals surface area (Å²) in [4.78, 5) is 4.30. The highest BCUT2D eigenvalue weighted by atomic mass is 16.5. The van der Waals surface area contributed by atoms with Crippen LogP contribution in [-0.2, 0) is 6.42 Å². The maximum absolute atomic E-state index is 5.40. The van der Waals surface area contributed by atoms with E-state index in [0.29, 0.717) is 5.92 Å². The van der Waals surface area contributed by atoms with Gasteiger partial charge in [0, 0.05) is 12.3 Å². The largest absolute Gasteiger partial charge is 0.339 e. The van der Waals surface area contributed by atoms with Crippen LogP contribution >= 0.6 is 0 Å². The molecule has 0 bridgehead atoms. The summed E-state index contributed by atoms with van der Waals surface area (Å²) in [5.74, 6) is 1.90. The monoisotopic (exact) mass is 197 g/mol. The third-order valence-corrected chi connectivity index (χ3v) is 2.09. The highest BCUT2D eigenvalue weighted by Gasteiger charge is 2.08. The van der Waals surface area contributed by atoms with Gasteiger partial charge in [0.1, 0.15) is 0 Å². The summed E-state index contributed by atoms with van der Waals surface area (Å²) in [6.07, 6.45) is 4.16. The molecule has 1 aromatic heterocycles. The van der Waals surface area contributed by atoms with Gasteiger partial charge in [-0.2, -0.15) is 4.98 Å². The molecule has 2 N–H and O–H groups in total. The predicted molar refractivity (Wildman–Crippen MR) is 55.0 cm³/mol. The molecular formula is C10H19N3O. The molecule has 0 atom stereocenters. The minimum atomic E-state index is 0.344. The van der Waals surface area contributed by atoms with Crippen molar-refractivity contribution >= 4 is 0 Å². The number of aryl methyl sites for hydroxylation is 1. The van der Waals surface area contributed by atoms with E-state index in [-0.39, 0.29) is 0 Å². The molecule has 0 saturated carbocycles. The highest BCUT2D eigenvalue weighted by Crippen LogP contribution is 2.11. The molecule has 0 radical (unpaired) electrons. The van der Waals surface area contributed by atoms with Gasteiger partial charge in [0.25, 0.3) is 0 Å². The first kappa shape index (κ1) is 11.2. The zero-order valence-electron chi connectivity index (χ0n) is 8.99. The lowest BCUT2D eigenvalue weighted by molar-refractivity contribution is 0.367. The van der Waals surface area contributed by atoms with Crippen molar-refractivity contribution in [3.63, 3.8) is 0 Å². The van der Waals surface area contributed by atoms with Crippen LogP contribution < -0.4 is 5.73 Å². The van der Waals surface area contributed by atoms with Crippen molar-refractivity contribution in [1.82, 2.24) is 10.1 Å². The molecular weight excluding hydrogens is 178 g/mol. The quantitative estimate of drug-likeness (QED) is 0.707. The fourth-order valence-electron chi connectivity index (χ4n) is 1.20. The van der Waals surface area contributed by atoms with Crippen molar-refractivity contribution in [1.29, 1.82) is 0 Å². The fourth-order valence-corrected chi connectivity index (χ4v) is 1.20. The van der Waals surface area contributed by atoms with Crippen LogP contribution in [0, 0.1) is 0 Å². The summed E-state index contributed by atoms with van der Waals surface area (Å²) in [5, 5.41) is 3.90. The summed E-state index contributed by atoms with van der Waals surface area (Å²) in [5.41, 5.74) is 5.40. The lowest BCUT2D eigenvalue weighted by Gasteiger charge is -1.94. The summed E-state index contributed by atoms with van der Waals surface area (Å²) in [6, 6.07) is 0. The first-order valence-corrected chi connectivity index (χ1v) is 5.26. The molecule has 0 amide bonds. The van der Waals surface area contributed by atoms with Gasteiger partial charge in [-0.05, 0) is 19.4 Å². The second-order valence-corrected chi connectivity index (χ2v) is 3.80. The van der Waals surface area contributed by atoms with E-state index in [1.165, 1.54) is 0 Å². The number of hydrogen-bond acceptors (Lipinski definition) is 4. The molecule has 0 aliphatic rings. The minimum Gasteiger partial charge on any atom is -0.339 e. The van der Waals surface area contributed by atoms with Crippen LogP contribution in [0.1, 0.15) is 50.7 Å². The van der Waals surface area contributed by atoms with Crippen LogP contribution in [0.2, 0.25) is 0 Å². The summed E-state index contributed by atoms with van der Waals surface area (Å²) in [6.45, 7) is 4.88. The Bertz CT molecular complexity index is 258. The molecule has 1 aromatic rings. The summed E-state index contributed by atoms with van der Waals surface area (Å²) < 4.78 is 5.11. The molecule has 0 saturated heterocycles. The van der Waals surface area contributed by atoms with E-state index in [4.69, 9.17) is 10.3 Å². The normalized spacial score (nSPS) is 11.1. The summed E-state index contributed by atoms with van der Waals surface area (Å²) >= 11 is 0. The molecule has 80 valence electrons. The Kier molecular flexibility index (Phi) is 4.59. The van der Waals surface area contributed by atoms with E-state index < -0.39 is 0 Å². The smallest absolute Gasteiger partial charge is 0.226 e. The molecule has 0 spiro atoms. The lowest BCUT2D eigenvalue weighted by Crippen LogP contribution is -1.98. The topological polar surface area (TPSA) is 64.9 Å². The van der Waals surface area contributed by atoms with Gasteiger partial charge < -0.3 is 10.3 Å². The van der Waals surface area contributed by atoms with E-state index in [1.54, 1.807) is 0 Å². The number of aromatic nitrogens is 2. The van der Waals surface area contributed by atoms with E-state index in [2.05, 4.69) is 24.0 Å². The first-order valence-electron chi connectivity index (χ1n) is 5.26. The van der Waals surface area contributed by atoms with Gasteiger partial charge >= 0.3 is 0 Å². The third kappa shape index (κ3) is 3.46. The molecule has 0 aromatic carbocycles. The Morgan fingerprint density at radius 3 is 2.64 bits per heavy atom. The van der Waals surface area contributed by atoms with Crippen LogP contribution in [0.3, 0.4) is 0 Å². The number of nitrogens with two attached hydrogens (primary N) is 1. The number of hydrogen-bond donors (Lipinski definition) is 1. The zero-order chi connectivity index (χ0) is 10.4. The lowest BCUT2D eigenvalue weighted by atomic mass is 10.2. The molecule has 4 nitrogen and oxygen atoms in total. The minimum absolute atomic E-state index is 0.344. The van der Waals surface area contributed by atoms with E-state index >= 15 is 0 Å². The average Bonchev–Trinajstić information content (AvgIpc) is 2.61. The predicted octanol–water partition coefficient (Wildman–Crippen LogP) is 1.86. The SMILES string of the molecule is CC(C)c1noc(CCCCCN)n1. The molecule has 0 aliphatic carbocycles. The first-order chi connectivity index (χ1) is 6.74.